The van der Waals surface area contributed by atoms with Crippen molar-refractivity contribution < 1.29 is 19.1 Å². The fourth-order valence-corrected chi connectivity index (χ4v) is 3.87. The summed E-state index contributed by atoms with van der Waals surface area (Å²) >= 11 is 1.26. The van der Waals surface area contributed by atoms with Crippen LogP contribution in [-0.2, 0) is 11.3 Å². The van der Waals surface area contributed by atoms with Crippen molar-refractivity contribution in [2.75, 3.05) is 25.3 Å². The van der Waals surface area contributed by atoms with Crippen molar-refractivity contribution in [1.29, 1.82) is 0 Å². The van der Waals surface area contributed by atoms with E-state index in [9.17, 15) is 9.59 Å². The molecule has 178 valence electrons. The lowest BCUT2D eigenvalue weighted by Crippen LogP contribution is -2.28. The summed E-state index contributed by atoms with van der Waals surface area (Å²) in [6.45, 7) is 6.06. The molecule has 0 aliphatic carbocycles. The van der Waals surface area contributed by atoms with Gasteiger partial charge in [0.1, 0.15) is 11.5 Å². The zero-order valence-electron chi connectivity index (χ0n) is 19.3. The van der Waals surface area contributed by atoms with Crippen LogP contribution in [0.2, 0.25) is 0 Å². The highest BCUT2D eigenvalue weighted by atomic mass is 32.2. The van der Waals surface area contributed by atoms with Gasteiger partial charge in [-0.25, -0.2) is 0 Å². The van der Waals surface area contributed by atoms with Crippen LogP contribution in [0.25, 0.3) is 0 Å². The Kier molecular flexibility index (Phi) is 8.69. The Morgan fingerprint density at radius 3 is 2.26 bits per heavy atom. The van der Waals surface area contributed by atoms with Crippen molar-refractivity contribution in [1.82, 2.24) is 20.1 Å². The van der Waals surface area contributed by atoms with Crippen molar-refractivity contribution in [3.8, 4) is 11.5 Å². The average Bonchev–Trinajstić information content (AvgIpc) is 3.26. The molecule has 2 N–H and O–H groups in total. The van der Waals surface area contributed by atoms with E-state index >= 15 is 0 Å². The summed E-state index contributed by atoms with van der Waals surface area (Å²) in [5.74, 6) is 1.69. The van der Waals surface area contributed by atoms with Gasteiger partial charge in [0.05, 0.1) is 26.0 Å². The van der Waals surface area contributed by atoms with Crippen LogP contribution in [0, 0.1) is 0 Å². The lowest BCUT2D eigenvalue weighted by Gasteiger charge is -2.15. The van der Waals surface area contributed by atoms with Gasteiger partial charge in [-0.15, -0.1) is 16.8 Å². The van der Waals surface area contributed by atoms with Gasteiger partial charge in [0.2, 0.25) is 5.91 Å². The lowest BCUT2D eigenvalue weighted by atomic mass is 10.2. The predicted octanol–water partition coefficient (Wildman–Crippen LogP) is 3.70. The molecule has 0 fully saturated rings. The van der Waals surface area contributed by atoms with Crippen LogP contribution >= 0.6 is 11.8 Å². The summed E-state index contributed by atoms with van der Waals surface area (Å²) in [5.41, 5.74) is 1.18. The molecule has 0 saturated carbocycles. The van der Waals surface area contributed by atoms with Crippen molar-refractivity contribution in [2.24, 2.45) is 0 Å². The number of nitrogens with zero attached hydrogens (tertiary/aromatic N) is 3. The number of thioether (sulfide) groups is 1. The largest absolute Gasteiger partial charge is 0.497 e. The Morgan fingerprint density at radius 1 is 1.06 bits per heavy atom. The standard InChI is InChI=1S/C24H27N5O4S/c1-5-14-29-22(16(2)25-23(31)17-6-10-19(32-3)11-7-17)27-28-24(29)34-15-21(30)26-18-8-12-20(33-4)13-9-18/h5-13,16H,1,14-15H2,2-4H3,(H,25,31)(H,26,30)/t16-/m1/s1. The van der Waals surface area contributed by atoms with Crippen LogP contribution in [-0.4, -0.2) is 46.6 Å². The Morgan fingerprint density at radius 2 is 1.68 bits per heavy atom. The van der Waals surface area contributed by atoms with Crippen LogP contribution in [0.4, 0.5) is 5.69 Å². The van der Waals surface area contributed by atoms with E-state index in [1.165, 1.54) is 11.8 Å². The first kappa shape index (κ1) is 24.8. The lowest BCUT2D eigenvalue weighted by molar-refractivity contribution is -0.113. The first-order valence-corrected chi connectivity index (χ1v) is 11.5. The zero-order valence-corrected chi connectivity index (χ0v) is 20.1. The molecule has 0 saturated heterocycles. The van der Waals surface area contributed by atoms with Gasteiger partial charge in [0.15, 0.2) is 11.0 Å². The molecule has 0 bridgehead atoms. The van der Waals surface area contributed by atoms with Crippen molar-refractivity contribution in [3.63, 3.8) is 0 Å². The number of nitrogens with one attached hydrogen (secondary N) is 2. The molecule has 0 radical (unpaired) electrons. The zero-order chi connectivity index (χ0) is 24.5. The maximum Gasteiger partial charge on any atom is 0.251 e. The molecule has 9 nitrogen and oxygen atoms in total. The van der Waals surface area contributed by atoms with Crippen molar-refractivity contribution in [2.45, 2.75) is 24.7 Å². The smallest absolute Gasteiger partial charge is 0.251 e. The van der Waals surface area contributed by atoms with Crippen LogP contribution in [0.5, 0.6) is 11.5 Å². The number of carbonyl (C=O) groups excluding carboxylic acids is 2. The van der Waals surface area contributed by atoms with Crippen molar-refractivity contribution >= 4 is 29.3 Å². The normalized spacial score (nSPS) is 11.4. The van der Waals surface area contributed by atoms with Gasteiger partial charge in [-0.3, -0.25) is 9.59 Å². The number of benzene rings is 2. The summed E-state index contributed by atoms with van der Waals surface area (Å²) in [7, 11) is 3.16. The van der Waals surface area contributed by atoms with Gasteiger partial charge in [0, 0.05) is 17.8 Å². The van der Waals surface area contributed by atoms with E-state index in [2.05, 4.69) is 27.4 Å². The maximum absolute atomic E-state index is 12.6. The molecule has 2 amide bonds. The highest BCUT2D eigenvalue weighted by Crippen LogP contribution is 2.22. The minimum Gasteiger partial charge on any atom is -0.497 e. The van der Waals surface area contributed by atoms with Crippen LogP contribution in [0.3, 0.4) is 0 Å². The summed E-state index contributed by atoms with van der Waals surface area (Å²) in [6, 6.07) is 13.5. The number of hydrogen-bond acceptors (Lipinski definition) is 7. The second kappa shape index (κ2) is 11.9. The topological polar surface area (TPSA) is 107 Å². The van der Waals surface area contributed by atoms with Crippen LogP contribution in [0.15, 0.2) is 66.3 Å². The monoisotopic (exact) mass is 481 g/mol. The number of rotatable bonds is 11. The maximum atomic E-state index is 12.6. The highest BCUT2D eigenvalue weighted by molar-refractivity contribution is 7.99. The Balaban J connectivity index is 1.63. The molecular weight excluding hydrogens is 454 g/mol. The molecule has 1 atom stereocenters. The first-order valence-electron chi connectivity index (χ1n) is 10.5. The van der Waals surface area contributed by atoms with Crippen LogP contribution in [0.1, 0.15) is 29.1 Å². The van der Waals surface area contributed by atoms with Crippen molar-refractivity contribution in [3.05, 3.63) is 72.6 Å². The van der Waals surface area contributed by atoms with Gasteiger partial charge < -0.3 is 24.7 Å². The quantitative estimate of drug-likeness (QED) is 0.318. The second-order valence-electron chi connectivity index (χ2n) is 7.23. The number of amides is 2. The molecule has 0 aliphatic heterocycles. The Bertz CT molecular complexity index is 1130. The third-order valence-electron chi connectivity index (χ3n) is 4.85. The molecule has 0 spiro atoms. The molecule has 3 aromatic rings. The third kappa shape index (κ3) is 6.38. The number of methoxy groups -OCH3 is 2. The summed E-state index contributed by atoms with van der Waals surface area (Å²) in [5, 5.41) is 14.8. The fourth-order valence-electron chi connectivity index (χ4n) is 3.12. The molecule has 0 aliphatic rings. The van der Waals surface area contributed by atoms with E-state index in [0.717, 1.165) is 0 Å². The molecule has 3 rings (SSSR count). The summed E-state index contributed by atoms with van der Waals surface area (Å²) in [4.78, 5) is 25.0. The summed E-state index contributed by atoms with van der Waals surface area (Å²) < 4.78 is 12.1. The van der Waals surface area contributed by atoms with Crippen LogP contribution < -0.4 is 20.1 Å². The number of allylic oxidation sites excluding steroid dienone is 1. The molecule has 2 aromatic carbocycles. The number of aromatic nitrogens is 3. The molecule has 0 unspecified atom stereocenters. The number of carbonyl (C=O) groups is 2. The summed E-state index contributed by atoms with van der Waals surface area (Å²) in [6.07, 6.45) is 1.71. The van der Waals surface area contributed by atoms with E-state index in [4.69, 9.17) is 9.47 Å². The predicted molar refractivity (Wildman–Crippen MR) is 131 cm³/mol. The second-order valence-corrected chi connectivity index (χ2v) is 8.17. The van der Waals surface area contributed by atoms with E-state index in [1.807, 2.05) is 11.5 Å². The highest BCUT2D eigenvalue weighted by Gasteiger charge is 2.20. The van der Waals surface area contributed by atoms with Gasteiger partial charge >= 0.3 is 0 Å². The van der Waals surface area contributed by atoms with E-state index < -0.39 is 6.04 Å². The van der Waals surface area contributed by atoms with E-state index in [0.29, 0.717) is 40.3 Å². The molecule has 34 heavy (non-hydrogen) atoms. The number of anilines is 1. The Labute approximate surface area is 202 Å². The van der Waals surface area contributed by atoms with Gasteiger partial charge in [-0.1, -0.05) is 17.8 Å². The molecule has 1 aromatic heterocycles. The van der Waals surface area contributed by atoms with E-state index in [-0.39, 0.29) is 17.6 Å². The molecule has 10 heteroatoms. The van der Waals surface area contributed by atoms with Gasteiger partial charge in [-0.05, 0) is 55.5 Å². The minimum absolute atomic E-state index is 0.147. The van der Waals surface area contributed by atoms with Gasteiger partial charge in [-0.2, -0.15) is 0 Å². The van der Waals surface area contributed by atoms with E-state index in [1.54, 1.807) is 68.8 Å². The average molecular weight is 482 g/mol. The number of ether oxygens (including phenoxy) is 2. The Hall–Kier alpha value is -3.79. The number of hydrogen-bond donors (Lipinski definition) is 2. The fraction of sp³-hybridized carbons (Fsp3) is 0.250. The first-order chi connectivity index (χ1) is 16.4. The minimum atomic E-state index is -0.412. The molecule has 1 heterocycles. The van der Waals surface area contributed by atoms with Gasteiger partial charge in [0.25, 0.3) is 5.91 Å². The SMILES string of the molecule is C=CCn1c(SCC(=O)Nc2ccc(OC)cc2)nnc1[C@@H](C)NC(=O)c1ccc(OC)cc1. The third-order valence-corrected chi connectivity index (χ3v) is 5.82. The molecular formula is C24H27N5O4S.